The van der Waals surface area contributed by atoms with Gasteiger partial charge in [-0.25, -0.2) is 4.98 Å². The van der Waals surface area contributed by atoms with Gasteiger partial charge in [-0.15, -0.1) is 0 Å². The number of nitrogens with one attached hydrogen (secondary N) is 1. The van der Waals surface area contributed by atoms with Gasteiger partial charge >= 0.3 is 5.97 Å². The molecular formula is C17H18N2O4. The molecule has 2 aromatic rings. The van der Waals surface area contributed by atoms with Crippen molar-refractivity contribution in [3.63, 3.8) is 0 Å². The molecule has 2 atom stereocenters. The van der Waals surface area contributed by atoms with E-state index in [1.165, 1.54) is 0 Å². The molecule has 0 radical (unpaired) electrons. The van der Waals surface area contributed by atoms with Crippen LogP contribution in [-0.4, -0.2) is 28.0 Å². The summed E-state index contributed by atoms with van der Waals surface area (Å²) in [6.45, 7) is 1.77. The van der Waals surface area contributed by atoms with Crippen LogP contribution in [0.2, 0.25) is 0 Å². The Hall–Kier alpha value is -2.63. The van der Waals surface area contributed by atoms with E-state index in [4.69, 9.17) is 9.52 Å². The molecule has 0 bridgehead atoms. The Bertz CT molecular complexity index is 724. The lowest BCUT2D eigenvalue weighted by molar-refractivity contribution is -0.141. The molecule has 0 spiro atoms. The Balaban J connectivity index is 1.69. The quantitative estimate of drug-likeness (QED) is 0.905. The molecule has 23 heavy (non-hydrogen) atoms. The molecule has 2 N–H and O–H groups in total. The van der Waals surface area contributed by atoms with E-state index in [1.54, 1.807) is 31.4 Å². The molecule has 120 valence electrons. The maximum Gasteiger partial charge on any atom is 0.306 e. The zero-order valence-corrected chi connectivity index (χ0v) is 12.8. The normalized spacial score (nSPS) is 20.4. The third kappa shape index (κ3) is 3.26. The number of pyridine rings is 1. The average Bonchev–Trinajstić information content (AvgIpc) is 3.18. The van der Waals surface area contributed by atoms with Crippen LogP contribution in [0.5, 0.6) is 0 Å². The molecule has 1 saturated carbocycles. The van der Waals surface area contributed by atoms with E-state index in [2.05, 4.69) is 10.3 Å². The van der Waals surface area contributed by atoms with Gasteiger partial charge in [0.1, 0.15) is 5.69 Å². The fraction of sp³-hybridized carbons (Fsp3) is 0.353. The smallest absolute Gasteiger partial charge is 0.306 e. The monoisotopic (exact) mass is 314 g/mol. The van der Waals surface area contributed by atoms with Crippen molar-refractivity contribution in [3.05, 3.63) is 41.8 Å². The predicted molar refractivity (Wildman–Crippen MR) is 82.9 cm³/mol. The standard InChI is InChI=1S/C17H18N2O4/c1-10-13(6-7-14(18-10)15-3-2-8-23-15)16(20)19-12-5-4-11(9-12)17(21)22/h2-3,6-8,11-12H,4-5,9H2,1H3,(H,19,20)(H,21,22)/t11-,12+/m1/s1. The van der Waals surface area contributed by atoms with Crippen LogP contribution >= 0.6 is 0 Å². The number of aromatic nitrogens is 1. The first kappa shape index (κ1) is 15.3. The van der Waals surface area contributed by atoms with Crippen molar-refractivity contribution < 1.29 is 19.1 Å². The Kier molecular flexibility index (Phi) is 4.14. The molecule has 6 nitrogen and oxygen atoms in total. The minimum atomic E-state index is -0.789. The van der Waals surface area contributed by atoms with Gasteiger partial charge in [0, 0.05) is 6.04 Å². The van der Waals surface area contributed by atoms with Crippen molar-refractivity contribution in [3.8, 4) is 11.5 Å². The van der Waals surface area contributed by atoms with E-state index in [0.717, 1.165) is 0 Å². The average molecular weight is 314 g/mol. The van der Waals surface area contributed by atoms with Gasteiger partial charge in [0.25, 0.3) is 5.91 Å². The van der Waals surface area contributed by atoms with Crippen molar-refractivity contribution in [1.82, 2.24) is 10.3 Å². The van der Waals surface area contributed by atoms with Crippen molar-refractivity contribution in [2.24, 2.45) is 5.92 Å². The number of carboxylic acids is 1. The molecule has 0 unspecified atom stereocenters. The van der Waals surface area contributed by atoms with Gasteiger partial charge in [0.05, 0.1) is 23.4 Å². The van der Waals surface area contributed by atoms with Crippen LogP contribution in [0.3, 0.4) is 0 Å². The predicted octanol–water partition coefficient (Wildman–Crippen LogP) is 2.63. The number of aryl methyl sites for hydroxylation is 1. The summed E-state index contributed by atoms with van der Waals surface area (Å²) < 4.78 is 5.30. The first-order chi connectivity index (χ1) is 11.0. The number of rotatable bonds is 4. The highest BCUT2D eigenvalue weighted by atomic mass is 16.4. The lowest BCUT2D eigenvalue weighted by atomic mass is 10.1. The lowest BCUT2D eigenvalue weighted by Gasteiger charge is -2.13. The molecule has 1 aliphatic rings. The van der Waals surface area contributed by atoms with Crippen molar-refractivity contribution in [2.75, 3.05) is 0 Å². The summed E-state index contributed by atoms with van der Waals surface area (Å²) in [5.74, 6) is -0.708. The summed E-state index contributed by atoms with van der Waals surface area (Å²) in [5.41, 5.74) is 1.79. The number of nitrogens with zero attached hydrogens (tertiary/aromatic N) is 1. The zero-order chi connectivity index (χ0) is 16.4. The van der Waals surface area contributed by atoms with Crippen LogP contribution in [0.1, 0.15) is 35.3 Å². The van der Waals surface area contributed by atoms with Crippen molar-refractivity contribution in [2.45, 2.75) is 32.2 Å². The molecule has 2 aromatic heterocycles. The van der Waals surface area contributed by atoms with Crippen molar-refractivity contribution >= 4 is 11.9 Å². The van der Waals surface area contributed by atoms with Crippen LogP contribution in [-0.2, 0) is 4.79 Å². The summed E-state index contributed by atoms with van der Waals surface area (Å²) in [6, 6.07) is 6.97. The number of hydrogen-bond donors (Lipinski definition) is 2. The van der Waals surface area contributed by atoms with E-state index in [9.17, 15) is 9.59 Å². The zero-order valence-electron chi connectivity index (χ0n) is 12.8. The van der Waals surface area contributed by atoms with Crippen molar-refractivity contribution in [1.29, 1.82) is 0 Å². The van der Waals surface area contributed by atoms with E-state index >= 15 is 0 Å². The molecular weight excluding hydrogens is 296 g/mol. The highest BCUT2D eigenvalue weighted by Crippen LogP contribution is 2.26. The molecule has 0 saturated heterocycles. The number of carbonyl (C=O) groups excluding carboxylic acids is 1. The Morgan fingerprint density at radius 3 is 2.74 bits per heavy atom. The first-order valence-electron chi connectivity index (χ1n) is 7.60. The molecule has 0 aliphatic heterocycles. The summed E-state index contributed by atoms with van der Waals surface area (Å²) in [4.78, 5) is 27.8. The summed E-state index contributed by atoms with van der Waals surface area (Å²) in [6.07, 6.45) is 3.36. The number of aliphatic carboxylic acids is 1. The van der Waals surface area contributed by atoms with Gasteiger partial charge in [0.2, 0.25) is 0 Å². The number of carboxylic acid groups (broad SMARTS) is 1. The van der Waals surface area contributed by atoms with Gasteiger partial charge in [0.15, 0.2) is 5.76 Å². The largest absolute Gasteiger partial charge is 0.481 e. The third-order valence-corrected chi connectivity index (χ3v) is 4.22. The van der Waals surface area contributed by atoms with Gasteiger partial charge in [-0.05, 0) is 50.5 Å². The molecule has 1 amide bonds. The number of furan rings is 1. The minimum absolute atomic E-state index is 0.0900. The van der Waals surface area contributed by atoms with Crippen LogP contribution in [0.15, 0.2) is 34.9 Å². The topological polar surface area (TPSA) is 92.4 Å². The molecule has 1 fully saturated rings. The highest BCUT2D eigenvalue weighted by molar-refractivity contribution is 5.95. The second-order valence-corrected chi connectivity index (χ2v) is 5.83. The lowest BCUT2D eigenvalue weighted by Crippen LogP contribution is -2.33. The SMILES string of the molecule is Cc1nc(-c2ccco2)ccc1C(=O)N[C@H]1CC[C@@H](C(=O)O)C1. The molecule has 2 heterocycles. The van der Waals surface area contributed by atoms with Crippen LogP contribution in [0, 0.1) is 12.8 Å². The van der Waals surface area contributed by atoms with E-state index in [0.29, 0.717) is 42.0 Å². The number of hydrogen-bond acceptors (Lipinski definition) is 4. The maximum atomic E-state index is 12.4. The second-order valence-electron chi connectivity index (χ2n) is 5.83. The fourth-order valence-electron chi connectivity index (χ4n) is 2.96. The van der Waals surface area contributed by atoms with E-state index in [1.807, 2.05) is 6.07 Å². The second kappa shape index (κ2) is 6.24. The summed E-state index contributed by atoms with van der Waals surface area (Å²) in [7, 11) is 0. The first-order valence-corrected chi connectivity index (χ1v) is 7.60. The summed E-state index contributed by atoms with van der Waals surface area (Å²) >= 11 is 0. The Labute approximate surface area is 133 Å². The number of carbonyl (C=O) groups is 2. The van der Waals surface area contributed by atoms with E-state index < -0.39 is 5.97 Å². The van der Waals surface area contributed by atoms with Crippen LogP contribution in [0.25, 0.3) is 11.5 Å². The molecule has 0 aromatic carbocycles. The Morgan fingerprint density at radius 2 is 2.13 bits per heavy atom. The van der Waals surface area contributed by atoms with Crippen LogP contribution in [0.4, 0.5) is 0 Å². The van der Waals surface area contributed by atoms with Gasteiger partial charge in [-0.1, -0.05) is 0 Å². The summed E-state index contributed by atoms with van der Waals surface area (Å²) in [5, 5.41) is 11.9. The maximum absolute atomic E-state index is 12.4. The minimum Gasteiger partial charge on any atom is -0.481 e. The molecule has 3 rings (SSSR count). The van der Waals surface area contributed by atoms with Crippen LogP contribution < -0.4 is 5.32 Å². The molecule has 6 heteroatoms. The molecule has 1 aliphatic carbocycles. The fourth-order valence-corrected chi connectivity index (χ4v) is 2.96. The van der Waals surface area contributed by atoms with Gasteiger partial charge < -0.3 is 14.8 Å². The van der Waals surface area contributed by atoms with Gasteiger partial charge in [-0.2, -0.15) is 0 Å². The third-order valence-electron chi connectivity index (χ3n) is 4.22. The van der Waals surface area contributed by atoms with Gasteiger partial charge in [-0.3, -0.25) is 9.59 Å². The Morgan fingerprint density at radius 1 is 1.30 bits per heavy atom. The highest BCUT2D eigenvalue weighted by Gasteiger charge is 2.30. The number of amides is 1. The van der Waals surface area contributed by atoms with E-state index in [-0.39, 0.29) is 17.9 Å².